The molecule has 0 bridgehead atoms. The Kier molecular flexibility index (Phi) is 7.87. The molecule has 1 amide bonds. The SMILES string of the molecule is C=CCc1ccc(OCC(=O)NN=Cc2cc(Br)cc(Br)c2O)c(OC)c1. The molecule has 6 nitrogen and oxygen atoms in total. The van der Waals surface area contributed by atoms with Gasteiger partial charge in [-0.2, -0.15) is 5.10 Å². The van der Waals surface area contributed by atoms with Crippen molar-refractivity contribution in [3.8, 4) is 17.2 Å². The summed E-state index contributed by atoms with van der Waals surface area (Å²) in [7, 11) is 1.53. The molecule has 0 aliphatic carbocycles. The van der Waals surface area contributed by atoms with Crippen LogP contribution in [-0.4, -0.2) is 30.9 Å². The Morgan fingerprint density at radius 1 is 1.30 bits per heavy atom. The van der Waals surface area contributed by atoms with E-state index in [1.165, 1.54) is 13.3 Å². The van der Waals surface area contributed by atoms with Crippen molar-refractivity contribution in [2.24, 2.45) is 5.10 Å². The number of benzene rings is 2. The van der Waals surface area contributed by atoms with Crippen LogP contribution in [-0.2, 0) is 11.2 Å². The maximum atomic E-state index is 11.9. The highest BCUT2D eigenvalue weighted by atomic mass is 79.9. The average molecular weight is 498 g/mol. The molecule has 0 aromatic heterocycles. The Balaban J connectivity index is 1.94. The van der Waals surface area contributed by atoms with E-state index >= 15 is 0 Å². The first kappa shape index (κ1) is 21.0. The molecule has 0 radical (unpaired) electrons. The molecule has 0 aliphatic rings. The number of hydrogen-bond donors (Lipinski definition) is 2. The zero-order chi connectivity index (χ0) is 19.8. The van der Waals surface area contributed by atoms with E-state index in [0.29, 0.717) is 28.0 Å². The number of carbonyl (C=O) groups excluding carboxylic acids is 1. The number of phenols is 1. The molecule has 27 heavy (non-hydrogen) atoms. The second-order valence-corrected chi connectivity index (χ2v) is 7.16. The third-order valence-corrected chi connectivity index (χ3v) is 4.48. The number of hydrazone groups is 1. The third-order valence-electron chi connectivity index (χ3n) is 3.42. The number of nitrogens with zero attached hydrogens (tertiary/aromatic N) is 1. The summed E-state index contributed by atoms with van der Waals surface area (Å²) < 4.78 is 12.0. The Labute approximate surface area is 174 Å². The number of amides is 1. The fourth-order valence-electron chi connectivity index (χ4n) is 2.16. The Hall–Kier alpha value is -2.32. The molecule has 2 rings (SSSR count). The summed E-state index contributed by atoms with van der Waals surface area (Å²) in [6, 6.07) is 8.82. The van der Waals surface area contributed by atoms with Crippen LogP contribution in [0.4, 0.5) is 0 Å². The zero-order valence-corrected chi connectivity index (χ0v) is 17.7. The van der Waals surface area contributed by atoms with E-state index in [1.54, 1.807) is 24.3 Å². The number of nitrogens with one attached hydrogen (secondary N) is 1. The van der Waals surface area contributed by atoms with Gasteiger partial charge in [-0.15, -0.1) is 6.58 Å². The lowest BCUT2D eigenvalue weighted by Crippen LogP contribution is -2.24. The monoisotopic (exact) mass is 496 g/mol. The lowest BCUT2D eigenvalue weighted by Gasteiger charge is -2.11. The summed E-state index contributed by atoms with van der Waals surface area (Å²) in [6.45, 7) is 3.47. The van der Waals surface area contributed by atoms with E-state index in [9.17, 15) is 9.90 Å². The molecule has 2 N–H and O–H groups in total. The van der Waals surface area contributed by atoms with Crippen molar-refractivity contribution in [1.29, 1.82) is 0 Å². The van der Waals surface area contributed by atoms with Gasteiger partial charge < -0.3 is 14.6 Å². The van der Waals surface area contributed by atoms with Crippen LogP contribution in [0.3, 0.4) is 0 Å². The maximum Gasteiger partial charge on any atom is 0.277 e. The fourth-order valence-corrected chi connectivity index (χ4v) is 3.42. The van der Waals surface area contributed by atoms with E-state index in [2.05, 4.69) is 49.0 Å². The molecular formula is C19H18Br2N2O4. The number of halogens is 2. The van der Waals surface area contributed by atoms with Crippen molar-refractivity contribution in [2.75, 3.05) is 13.7 Å². The first-order valence-corrected chi connectivity index (χ1v) is 9.43. The minimum atomic E-state index is -0.447. The highest BCUT2D eigenvalue weighted by molar-refractivity contribution is 9.11. The molecule has 142 valence electrons. The molecule has 0 spiro atoms. The van der Waals surface area contributed by atoms with Crippen LogP contribution in [0, 0.1) is 0 Å². The largest absolute Gasteiger partial charge is 0.506 e. The smallest absolute Gasteiger partial charge is 0.277 e. The van der Waals surface area contributed by atoms with Crippen LogP contribution in [0.1, 0.15) is 11.1 Å². The second-order valence-electron chi connectivity index (χ2n) is 5.39. The lowest BCUT2D eigenvalue weighted by atomic mass is 10.1. The van der Waals surface area contributed by atoms with Crippen LogP contribution < -0.4 is 14.9 Å². The Morgan fingerprint density at radius 3 is 2.78 bits per heavy atom. The normalized spacial score (nSPS) is 10.6. The van der Waals surface area contributed by atoms with Gasteiger partial charge in [0.15, 0.2) is 18.1 Å². The number of methoxy groups -OCH3 is 1. The quantitative estimate of drug-likeness (QED) is 0.325. The summed E-state index contributed by atoms with van der Waals surface area (Å²) in [5.41, 5.74) is 3.82. The molecule has 0 saturated carbocycles. The van der Waals surface area contributed by atoms with Crippen molar-refractivity contribution < 1.29 is 19.4 Å². The predicted octanol–water partition coefficient (Wildman–Crippen LogP) is 4.18. The summed E-state index contributed by atoms with van der Waals surface area (Å²) in [5, 5.41) is 13.8. The minimum absolute atomic E-state index is 0.0248. The van der Waals surface area contributed by atoms with Crippen LogP contribution >= 0.6 is 31.9 Å². The van der Waals surface area contributed by atoms with Gasteiger partial charge in [0, 0.05) is 10.0 Å². The number of phenolic OH excluding ortho intramolecular Hbond substituents is 1. The molecule has 0 aliphatic heterocycles. The van der Waals surface area contributed by atoms with Crippen molar-refractivity contribution in [2.45, 2.75) is 6.42 Å². The predicted molar refractivity (Wildman–Crippen MR) is 112 cm³/mol. The van der Waals surface area contributed by atoms with Gasteiger partial charge in [-0.1, -0.05) is 28.1 Å². The van der Waals surface area contributed by atoms with Crippen molar-refractivity contribution >= 4 is 44.0 Å². The summed E-state index contributed by atoms with van der Waals surface area (Å²) in [4.78, 5) is 11.9. The van der Waals surface area contributed by atoms with Crippen molar-refractivity contribution in [1.82, 2.24) is 5.43 Å². The maximum absolute atomic E-state index is 11.9. The fraction of sp³-hybridized carbons (Fsp3) is 0.158. The van der Waals surface area contributed by atoms with E-state index in [4.69, 9.17) is 9.47 Å². The first-order chi connectivity index (χ1) is 12.9. The molecule has 0 fully saturated rings. The molecule has 0 atom stereocenters. The Bertz CT molecular complexity index is 869. The van der Waals surface area contributed by atoms with Gasteiger partial charge in [-0.05, 0) is 52.2 Å². The molecule has 8 heteroatoms. The number of carbonyl (C=O) groups is 1. The minimum Gasteiger partial charge on any atom is -0.506 e. The van der Waals surface area contributed by atoms with Crippen LogP contribution in [0.25, 0.3) is 0 Å². The Morgan fingerprint density at radius 2 is 2.07 bits per heavy atom. The van der Waals surface area contributed by atoms with Gasteiger partial charge in [0.25, 0.3) is 5.91 Å². The first-order valence-electron chi connectivity index (χ1n) is 7.85. The van der Waals surface area contributed by atoms with Gasteiger partial charge in [0.2, 0.25) is 0 Å². The summed E-state index contributed by atoms with van der Waals surface area (Å²) in [6.07, 6.45) is 3.85. The van der Waals surface area contributed by atoms with Gasteiger partial charge in [-0.3, -0.25) is 4.79 Å². The molecule has 2 aromatic carbocycles. The summed E-state index contributed by atoms with van der Waals surface area (Å²) in [5.74, 6) is 0.571. The van der Waals surface area contributed by atoms with Gasteiger partial charge >= 0.3 is 0 Å². The van der Waals surface area contributed by atoms with E-state index in [-0.39, 0.29) is 12.4 Å². The molecule has 0 heterocycles. The molecule has 0 saturated heterocycles. The van der Waals surface area contributed by atoms with Gasteiger partial charge in [-0.25, -0.2) is 5.43 Å². The van der Waals surface area contributed by atoms with E-state index in [1.807, 2.05) is 12.1 Å². The van der Waals surface area contributed by atoms with Gasteiger partial charge in [0.05, 0.1) is 17.8 Å². The highest BCUT2D eigenvalue weighted by Crippen LogP contribution is 2.30. The van der Waals surface area contributed by atoms with Crippen molar-refractivity contribution in [3.05, 3.63) is 63.1 Å². The van der Waals surface area contributed by atoms with Crippen LogP contribution in [0.5, 0.6) is 17.2 Å². The average Bonchev–Trinajstić information content (AvgIpc) is 2.64. The molecule has 2 aromatic rings. The third kappa shape index (κ3) is 6.11. The van der Waals surface area contributed by atoms with Crippen LogP contribution in [0.15, 0.2) is 57.0 Å². The van der Waals surface area contributed by atoms with E-state index in [0.717, 1.165) is 10.0 Å². The van der Waals surface area contributed by atoms with Crippen LogP contribution in [0.2, 0.25) is 0 Å². The molecule has 0 unspecified atom stereocenters. The number of allylic oxidation sites excluding steroid dienone is 1. The highest BCUT2D eigenvalue weighted by Gasteiger charge is 2.09. The zero-order valence-electron chi connectivity index (χ0n) is 14.5. The van der Waals surface area contributed by atoms with Gasteiger partial charge in [0.1, 0.15) is 5.75 Å². The van der Waals surface area contributed by atoms with Crippen molar-refractivity contribution in [3.63, 3.8) is 0 Å². The number of ether oxygens (including phenoxy) is 2. The topological polar surface area (TPSA) is 80.2 Å². The number of hydrogen-bond acceptors (Lipinski definition) is 5. The van der Waals surface area contributed by atoms with E-state index < -0.39 is 5.91 Å². The second kappa shape index (κ2) is 10.1. The standard InChI is InChI=1S/C19H18Br2N2O4/c1-3-4-12-5-6-16(17(7-12)26-2)27-11-18(24)23-22-10-13-8-14(20)9-15(21)19(13)25/h3,5-10,25H,1,4,11H2,2H3,(H,23,24). The number of rotatable bonds is 8. The molecular weight excluding hydrogens is 480 g/mol. The lowest BCUT2D eigenvalue weighted by molar-refractivity contribution is -0.123. The number of aromatic hydroxyl groups is 1. The summed E-state index contributed by atoms with van der Waals surface area (Å²) >= 11 is 6.55.